The Bertz CT molecular complexity index is 573. The van der Waals surface area contributed by atoms with Crippen LogP contribution in [0.15, 0.2) is 24.3 Å². The number of hydrogen-bond donors (Lipinski definition) is 1. The van der Waals surface area contributed by atoms with Gasteiger partial charge in [-0.25, -0.2) is 0 Å². The number of nitrogens with one attached hydrogen (secondary N) is 1. The molecule has 138 valence electrons. The lowest BCUT2D eigenvalue weighted by atomic mass is 9.81. The molecule has 0 aliphatic carbocycles. The van der Waals surface area contributed by atoms with Gasteiger partial charge in [-0.2, -0.15) is 0 Å². The first-order valence-corrected chi connectivity index (χ1v) is 10.1. The van der Waals surface area contributed by atoms with Crippen LogP contribution in [0.1, 0.15) is 82.1 Å². The number of piperidine rings is 2. The number of carbonyl (C=O) groups excluding carboxylic acids is 1. The summed E-state index contributed by atoms with van der Waals surface area (Å²) < 4.78 is 0. The molecule has 2 saturated heterocycles. The Balaban J connectivity index is 1.62. The van der Waals surface area contributed by atoms with E-state index in [9.17, 15) is 4.79 Å². The minimum Gasteiger partial charge on any atom is -0.349 e. The second-order valence-electron chi connectivity index (χ2n) is 8.95. The van der Waals surface area contributed by atoms with Crippen molar-refractivity contribution >= 4 is 5.91 Å². The Hall–Kier alpha value is -1.35. The van der Waals surface area contributed by atoms with Gasteiger partial charge in [-0.15, -0.1) is 0 Å². The van der Waals surface area contributed by atoms with Crippen molar-refractivity contribution in [1.29, 1.82) is 0 Å². The summed E-state index contributed by atoms with van der Waals surface area (Å²) in [5, 5.41) is 3.32. The van der Waals surface area contributed by atoms with Crippen LogP contribution in [-0.2, 0) is 5.41 Å². The van der Waals surface area contributed by atoms with Crippen molar-refractivity contribution in [3.8, 4) is 0 Å². The molecule has 0 radical (unpaired) electrons. The molecule has 2 fully saturated rings. The molecule has 25 heavy (non-hydrogen) atoms. The van der Waals surface area contributed by atoms with E-state index in [2.05, 4.69) is 50.0 Å². The van der Waals surface area contributed by atoms with E-state index in [1.54, 1.807) is 0 Å². The van der Waals surface area contributed by atoms with Crippen LogP contribution in [0.2, 0.25) is 0 Å². The molecule has 2 aliphatic heterocycles. The SMILES string of the molecule is CCCN1[C@H]2CCC[C@H]1CC(NC(=O)c1ccc(C(C)(C)C)cc1)C2. The molecule has 0 spiro atoms. The van der Waals surface area contributed by atoms with Gasteiger partial charge in [0.25, 0.3) is 5.91 Å². The molecule has 2 aliphatic rings. The number of benzene rings is 1. The highest BCUT2D eigenvalue weighted by molar-refractivity contribution is 5.94. The largest absolute Gasteiger partial charge is 0.349 e. The van der Waals surface area contributed by atoms with Gasteiger partial charge in [0.05, 0.1) is 0 Å². The molecule has 3 rings (SSSR count). The molecule has 2 heterocycles. The number of hydrogen-bond acceptors (Lipinski definition) is 2. The number of fused-ring (bicyclic) bond motifs is 2. The third kappa shape index (κ3) is 4.25. The van der Waals surface area contributed by atoms with Gasteiger partial charge in [0.2, 0.25) is 0 Å². The summed E-state index contributed by atoms with van der Waals surface area (Å²) in [7, 11) is 0. The Morgan fingerprint density at radius 1 is 1.12 bits per heavy atom. The summed E-state index contributed by atoms with van der Waals surface area (Å²) in [5.74, 6) is 0.0903. The Morgan fingerprint density at radius 2 is 1.72 bits per heavy atom. The van der Waals surface area contributed by atoms with Gasteiger partial charge < -0.3 is 5.32 Å². The highest BCUT2D eigenvalue weighted by Gasteiger charge is 2.38. The zero-order chi connectivity index (χ0) is 18.0. The Kier molecular flexibility index (Phi) is 5.52. The normalized spacial score (nSPS) is 27.1. The van der Waals surface area contributed by atoms with Crippen LogP contribution in [0.4, 0.5) is 0 Å². The van der Waals surface area contributed by atoms with Crippen LogP contribution in [0, 0.1) is 0 Å². The molecule has 1 N–H and O–H groups in total. The van der Waals surface area contributed by atoms with Crippen LogP contribution in [-0.4, -0.2) is 35.5 Å². The van der Waals surface area contributed by atoms with Crippen molar-refractivity contribution < 1.29 is 4.79 Å². The van der Waals surface area contributed by atoms with Gasteiger partial charge >= 0.3 is 0 Å². The van der Waals surface area contributed by atoms with Crippen molar-refractivity contribution in [2.24, 2.45) is 0 Å². The van der Waals surface area contributed by atoms with Crippen molar-refractivity contribution in [1.82, 2.24) is 10.2 Å². The van der Waals surface area contributed by atoms with E-state index in [0.29, 0.717) is 18.1 Å². The van der Waals surface area contributed by atoms with E-state index < -0.39 is 0 Å². The maximum Gasteiger partial charge on any atom is 0.251 e. The summed E-state index contributed by atoms with van der Waals surface area (Å²) >= 11 is 0. The molecule has 1 aromatic rings. The van der Waals surface area contributed by atoms with Crippen molar-refractivity contribution in [3.05, 3.63) is 35.4 Å². The standard InChI is InChI=1S/C22H34N2O/c1-5-13-24-19-7-6-8-20(24)15-18(14-19)23-21(25)16-9-11-17(12-10-16)22(2,3)4/h9-12,18-20H,5-8,13-15H2,1-4H3,(H,23,25)/t19-,20-/m0/s1. The van der Waals surface area contributed by atoms with Gasteiger partial charge in [-0.05, 0) is 61.8 Å². The fraction of sp³-hybridized carbons (Fsp3) is 0.682. The minimum absolute atomic E-state index is 0.0903. The summed E-state index contributed by atoms with van der Waals surface area (Å²) in [5.41, 5.74) is 2.18. The van der Waals surface area contributed by atoms with Gasteiger partial charge in [-0.1, -0.05) is 46.2 Å². The topological polar surface area (TPSA) is 32.3 Å². The average molecular weight is 343 g/mol. The lowest BCUT2D eigenvalue weighted by Gasteiger charge is -2.49. The summed E-state index contributed by atoms with van der Waals surface area (Å²) in [4.78, 5) is 15.4. The van der Waals surface area contributed by atoms with E-state index in [4.69, 9.17) is 0 Å². The van der Waals surface area contributed by atoms with Gasteiger partial charge in [0.1, 0.15) is 0 Å². The summed E-state index contributed by atoms with van der Waals surface area (Å²) in [6.07, 6.45) is 7.39. The number of nitrogens with zero attached hydrogens (tertiary/aromatic N) is 1. The van der Waals surface area contributed by atoms with Crippen molar-refractivity contribution in [3.63, 3.8) is 0 Å². The van der Waals surface area contributed by atoms with Crippen molar-refractivity contribution in [2.75, 3.05) is 6.54 Å². The van der Waals surface area contributed by atoms with Crippen LogP contribution < -0.4 is 5.32 Å². The zero-order valence-electron chi connectivity index (χ0n) is 16.3. The molecular formula is C22H34N2O. The molecule has 0 saturated carbocycles. The lowest BCUT2D eigenvalue weighted by Crippen LogP contribution is -2.57. The van der Waals surface area contributed by atoms with E-state index >= 15 is 0 Å². The third-order valence-electron chi connectivity index (χ3n) is 5.96. The first-order chi connectivity index (χ1) is 11.9. The second-order valence-corrected chi connectivity index (χ2v) is 8.95. The van der Waals surface area contributed by atoms with Gasteiger partial charge in [0.15, 0.2) is 0 Å². The average Bonchev–Trinajstić information content (AvgIpc) is 2.55. The maximum absolute atomic E-state index is 12.7. The first-order valence-electron chi connectivity index (χ1n) is 10.1. The molecule has 1 aromatic carbocycles. The van der Waals surface area contributed by atoms with Crippen LogP contribution in [0.25, 0.3) is 0 Å². The predicted octanol–water partition coefficient (Wildman–Crippen LogP) is 4.51. The highest BCUT2D eigenvalue weighted by atomic mass is 16.1. The smallest absolute Gasteiger partial charge is 0.251 e. The van der Waals surface area contributed by atoms with E-state index in [1.165, 1.54) is 37.8 Å². The number of rotatable bonds is 4. The molecule has 1 amide bonds. The molecule has 2 bridgehead atoms. The van der Waals surface area contributed by atoms with E-state index in [1.807, 2.05) is 12.1 Å². The minimum atomic E-state index is 0.0903. The Morgan fingerprint density at radius 3 is 2.24 bits per heavy atom. The summed E-state index contributed by atoms with van der Waals surface area (Å²) in [6.45, 7) is 10.1. The molecular weight excluding hydrogens is 308 g/mol. The second kappa shape index (κ2) is 7.49. The van der Waals surface area contributed by atoms with Crippen LogP contribution >= 0.6 is 0 Å². The Labute approximate surface area is 153 Å². The van der Waals surface area contributed by atoms with Crippen molar-refractivity contribution in [2.45, 2.75) is 89.8 Å². The quantitative estimate of drug-likeness (QED) is 0.873. The molecule has 0 unspecified atom stereocenters. The zero-order valence-corrected chi connectivity index (χ0v) is 16.3. The van der Waals surface area contributed by atoms with Crippen LogP contribution in [0.3, 0.4) is 0 Å². The highest BCUT2D eigenvalue weighted by Crippen LogP contribution is 2.34. The predicted molar refractivity (Wildman–Crippen MR) is 104 cm³/mol. The van der Waals surface area contributed by atoms with Crippen LogP contribution in [0.5, 0.6) is 0 Å². The van der Waals surface area contributed by atoms with E-state index in [0.717, 1.165) is 18.4 Å². The lowest BCUT2D eigenvalue weighted by molar-refractivity contribution is 0.0245. The molecule has 0 aromatic heterocycles. The number of carbonyl (C=O) groups is 1. The molecule has 3 heteroatoms. The monoisotopic (exact) mass is 342 g/mol. The summed E-state index contributed by atoms with van der Waals surface area (Å²) in [6, 6.07) is 9.80. The maximum atomic E-state index is 12.7. The molecule has 2 atom stereocenters. The van der Waals surface area contributed by atoms with Gasteiger partial charge in [0, 0.05) is 23.7 Å². The first kappa shape index (κ1) is 18.4. The number of amides is 1. The molecule has 3 nitrogen and oxygen atoms in total. The fourth-order valence-electron chi connectivity index (χ4n) is 4.61. The van der Waals surface area contributed by atoms with E-state index in [-0.39, 0.29) is 11.3 Å². The fourth-order valence-corrected chi connectivity index (χ4v) is 4.61. The van der Waals surface area contributed by atoms with Gasteiger partial charge in [-0.3, -0.25) is 9.69 Å². The third-order valence-corrected chi connectivity index (χ3v) is 5.96.